The van der Waals surface area contributed by atoms with Gasteiger partial charge in [-0.1, -0.05) is 78.9 Å². The summed E-state index contributed by atoms with van der Waals surface area (Å²) in [5, 5.41) is 10.2. The molecule has 3 aromatic carbocycles. The molecule has 1 N–H and O–H groups in total. The topological polar surface area (TPSA) is 46.5 Å². The molecule has 0 saturated heterocycles. The normalized spacial score (nSPS) is 14.4. The van der Waals surface area contributed by atoms with Crippen LogP contribution in [0.25, 0.3) is 6.08 Å². The maximum atomic E-state index is 12.2. The zero-order valence-electron chi connectivity index (χ0n) is 15.1. The Morgan fingerprint density at radius 1 is 0.926 bits per heavy atom. The first-order valence-electron chi connectivity index (χ1n) is 8.89. The molecule has 0 atom stereocenters. The van der Waals surface area contributed by atoms with Crippen molar-refractivity contribution in [3.05, 3.63) is 107 Å². The summed E-state index contributed by atoms with van der Waals surface area (Å²) in [4.78, 5) is 12.2. The van der Waals surface area contributed by atoms with Crippen molar-refractivity contribution in [1.82, 2.24) is 0 Å². The maximum absolute atomic E-state index is 12.2. The highest BCUT2D eigenvalue weighted by Gasteiger charge is 2.36. The van der Waals surface area contributed by atoms with Gasteiger partial charge in [-0.3, -0.25) is 0 Å². The Morgan fingerprint density at radius 3 is 2.07 bits per heavy atom. The van der Waals surface area contributed by atoms with Crippen molar-refractivity contribution in [2.24, 2.45) is 0 Å². The maximum Gasteiger partial charge on any atom is 0.342 e. The Labute approximate surface area is 158 Å². The lowest BCUT2D eigenvalue weighted by molar-refractivity contribution is 0.0597. The first-order valence-corrected chi connectivity index (χ1v) is 8.89. The SMILES string of the molecule is COC(=O)c1c(O)ccc2c1C=CC(c1ccccc1)(c1ccccc1)C2. The fourth-order valence-corrected chi connectivity index (χ4v) is 3.93. The zero-order chi connectivity index (χ0) is 18.9. The van der Waals surface area contributed by atoms with E-state index in [2.05, 4.69) is 30.3 Å². The Hall–Kier alpha value is -3.33. The molecule has 134 valence electrons. The second-order valence-corrected chi connectivity index (χ2v) is 6.74. The molecule has 0 radical (unpaired) electrons. The second kappa shape index (κ2) is 6.76. The highest BCUT2D eigenvalue weighted by molar-refractivity contribution is 5.97. The van der Waals surface area contributed by atoms with Gasteiger partial charge in [0.2, 0.25) is 0 Å². The minimum atomic E-state index is -0.527. The van der Waals surface area contributed by atoms with Gasteiger partial charge < -0.3 is 9.84 Å². The summed E-state index contributed by atoms with van der Waals surface area (Å²) in [6.45, 7) is 0. The van der Waals surface area contributed by atoms with Crippen molar-refractivity contribution in [3.63, 3.8) is 0 Å². The van der Waals surface area contributed by atoms with Crippen molar-refractivity contribution in [2.45, 2.75) is 11.8 Å². The third-order valence-electron chi connectivity index (χ3n) is 5.28. The third-order valence-corrected chi connectivity index (χ3v) is 5.28. The van der Waals surface area contributed by atoms with Gasteiger partial charge >= 0.3 is 5.97 Å². The van der Waals surface area contributed by atoms with Crippen LogP contribution in [0.1, 0.15) is 32.6 Å². The number of carbonyl (C=O) groups excluding carboxylic acids is 1. The number of methoxy groups -OCH3 is 1. The number of carbonyl (C=O) groups is 1. The van der Waals surface area contributed by atoms with Crippen LogP contribution in [0, 0.1) is 0 Å². The van der Waals surface area contributed by atoms with E-state index in [4.69, 9.17) is 4.74 Å². The summed E-state index contributed by atoms with van der Waals surface area (Å²) in [7, 11) is 1.33. The fourth-order valence-electron chi connectivity index (χ4n) is 3.93. The second-order valence-electron chi connectivity index (χ2n) is 6.74. The zero-order valence-corrected chi connectivity index (χ0v) is 15.1. The number of allylic oxidation sites excluding steroid dienone is 1. The first kappa shape index (κ1) is 17.1. The van der Waals surface area contributed by atoms with E-state index in [1.165, 1.54) is 18.2 Å². The molecule has 0 aliphatic heterocycles. The first-order chi connectivity index (χ1) is 13.2. The van der Waals surface area contributed by atoms with Crippen LogP contribution in [0.2, 0.25) is 0 Å². The largest absolute Gasteiger partial charge is 0.507 e. The Morgan fingerprint density at radius 2 is 1.52 bits per heavy atom. The van der Waals surface area contributed by atoms with Crippen LogP contribution in [0.15, 0.2) is 78.9 Å². The number of aromatic hydroxyl groups is 1. The van der Waals surface area contributed by atoms with Crippen molar-refractivity contribution < 1.29 is 14.6 Å². The molecule has 27 heavy (non-hydrogen) atoms. The van der Waals surface area contributed by atoms with Crippen molar-refractivity contribution in [3.8, 4) is 5.75 Å². The number of esters is 1. The summed E-state index contributed by atoms with van der Waals surface area (Å²) in [6, 6.07) is 24.2. The van der Waals surface area contributed by atoms with E-state index in [1.54, 1.807) is 6.07 Å². The predicted octanol–water partition coefficient (Wildman–Crippen LogP) is 4.73. The highest BCUT2D eigenvalue weighted by atomic mass is 16.5. The van der Waals surface area contributed by atoms with E-state index in [0.717, 1.165) is 11.1 Å². The fraction of sp³-hybridized carbons (Fsp3) is 0.125. The lowest BCUT2D eigenvalue weighted by atomic mass is 9.67. The molecule has 0 bridgehead atoms. The molecule has 3 aromatic rings. The monoisotopic (exact) mass is 356 g/mol. The van der Waals surface area contributed by atoms with Crippen molar-refractivity contribution in [1.29, 1.82) is 0 Å². The van der Waals surface area contributed by atoms with Gasteiger partial charge in [0.05, 0.1) is 7.11 Å². The number of benzene rings is 3. The molecule has 0 amide bonds. The highest BCUT2D eigenvalue weighted by Crippen LogP contribution is 2.43. The van der Waals surface area contributed by atoms with E-state index < -0.39 is 5.97 Å². The van der Waals surface area contributed by atoms with Crippen LogP contribution >= 0.6 is 0 Å². The number of hydrogen-bond acceptors (Lipinski definition) is 3. The minimum absolute atomic E-state index is 0.0582. The van der Waals surface area contributed by atoms with E-state index in [9.17, 15) is 9.90 Å². The molecule has 4 rings (SSSR count). The van der Waals surface area contributed by atoms with Crippen LogP contribution in [-0.2, 0) is 16.6 Å². The number of fused-ring (bicyclic) bond motifs is 1. The summed E-state index contributed by atoms with van der Waals surface area (Å²) in [6.07, 6.45) is 4.76. The van der Waals surface area contributed by atoms with Crippen LogP contribution < -0.4 is 0 Å². The number of rotatable bonds is 3. The summed E-state index contributed by atoms with van der Waals surface area (Å²) < 4.78 is 4.87. The smallest absolute Gasteiger partial charge is 0.342 e. The van der Waals surface area contributed by atoms with Gasteiger partial charge in [-0.25, -0.2) is 4.79 Å². The van der Waals surface area contributed by atoms with Gasteiger partial charge in [-0.15, -0.1) is 0 Å². The number of phenolic OH excluding ortho intramolecular Hbond substituents is 1. The molecule has 1 aliphatic carbocycles. The van der Waals surface area contributed by atoms with E-state index in [-0.39, 0.29) is 16.7 Å². The molecular formula is C24H20O3. The minimum Gasteiger partial charge on any atom is -0.507 e. The van der Waals surface area contributed by atoms with Crippen LogP contribution in [-0.4, -0.2) is 18.2 Å². The average Bonchev–Trinajstić information content (AvgIpc) is 2.74. The Bertz CT molecular complexity index is 965. The molecule has 3 heteroatoms. The van der Waals surface area contributed by atoms with Crippen LogP contribution in [0.4, 0.5) is 0 Å². The molecule has 0 aromatic heterocycles. The lowest BCUT2D eigenvalue weighted by Gasteiger charge is -2.36. The predicted molar refractivity (Wildman–Crippen MR) is 106 cm³/mol. The number of phenols is 1. The van der Waals surface area contributed by atoms with Gasteiger partial charge in [0.25, 0.3) is 0 Å². The Kier molecular flexibility index (Phi) is 4.28. The van der Waals surface area contributed by atoms with E-state index in [1.807, 2.05) is 48.5 Å². The van der Waals surface area contributed by atoms with Crippen molar-refractivity contribution >= 4 is 12.0 Å². The molecular weight excluding hydrogens is 336 g/mol. The third kappa shape index (κ3) is 2.81. The van der Waals surface area contributed by atoms with Crippen LogP contribution in [0.5, 0.6) is 5.75 Å². The van der Waals surface area contributed by atoms with Gasteiger partial charge in [0.1, 0.15) is 11.3 Å². The molecule has 0 heterocycles. The molecule has 1 aliphatic rings. The molecule has 0 spiro atoms. The standard InChI is InChI=1S/C24H20O3/c1-27-23(26)22-20-14-15-24(18-8-4-2-5-9-18,19-10-6-3-7-11-19)16-17(20)12-13-21(22)25/h2-15,25H,16H2,1H3. The van der Waals surface area contributed by atoms with Crippen LogP contribution in [0.3, 0.4) is 0 Å². The van der Waals surface area contributed by atoms with Gasteiger partial charge in [-0.05, 0) is 34.7 Å². The van der Waals surface area contributed by atoms with E-state index >= 15 is 0 Å². The number of ether oxygens (including phenoxy) is 1. The van der Waals surface area contributed by atoms with Gasteiger partial charge in [-0.2, -0.15) is 0 Å². The molecule has 0 saturated carbocycles. The molecule has 0 fully saturated rings. The molecule has 3 nitrogen and oxygen atoms in total. The summed E-state index contributed by atoms with van der Waals surface area (Å²) in [5.74, 6) is -0.585. The van der Waals surface area contributed by atoms with Gasteiger partial charge in [0, 0.05) is 5.41 Å². The van der Waals surface area contributed by atoms with Crippen molar-refractivity contribution in [2.75, 3.05) is 7.11 Å². The quantitative estimate of drug-likeness (QED) is 0.690. The van der Waals surface area contributed by atoms with E-state index in [0.29, 0.717) is 6.42 Å². The Balaban J connectivity index is 1.92. The molecule has 0 unspecified atom stereocenters. The number of hydrogen-bond donors (Lipinski definition) is 1. The summed E-state index contributed by atoms with van der Waals surface area (Å²) >= 11 is 0. The van der Waals surface area contributed by atoms with Gasteiger partial charge in [0.15, 0.2) is 0 Å². The summed E-state index contributed by atoms with van der Waals surface area (Å²) in [5.41, 5.74) is 3.99. The average molecular weight is 356 g/mol. The lowest BCUT2D eigenvalue weighted by Crippen LogP contribution is -2.31.